The van der Waals surface area contributed by atoms with E-state index in [0.717, 1.165) is 16.5 Å². The first-order chi connectivity index (χ1) is 14.0. The van der Waals surface area contributed by atoms with Crippen LogP contribution in [0.15, 0.2) is 88.1 Å². The summed E-state index contributed by atoms with van der Waals surface area (Å²) in [5.41, 5.74) is 2.65. The smallest absolute Gasteiger partial charge is 0.349 e. The van der Waals surface area contributed by atoms with Crippen LogP contribution in [0.25, 0.3) is 22.1 Å². The number of rotatable bonds is 5. The standard InChI is InChI=1S/C24H18O5/c1-15-20(28-23(24(26)27)17-10-6-3-7-11-17)13-12-18-19(14-21(25)29-22(15)18)16-8-4-2-5-9-16/h2-14,23H,1H3,(H,26,27)/t23-/m0/s1. The van der Waals surface area contributed by atoms with Gasteiger partial charge in [-0.15, -0.1) is 0 Å². The molecule has 0 aliphatic rings. The highest BCUT2D eigenvalue weighted by Gasteiger charge is 2.23. The Hall–Kier alpha value is -3.86. The maximum absolute atomic E-state index is 12.2. The molecule has 144 valence electrons. The molecule has 0 spiro atoms. The second kappa shape index (κ2) is 7.64. The molecule has 0 aliphatic carbocycles. The Morgan fingerprint density at radius 3 is 2.28 bits per heavy atom. The van der Waals surface area contributed by atoms with E-state index in [0.29, 0.717) is 22.5 Å². The Balaban J connectivity index is 1.83. The van der Waals surface area contributed by atoms with Crippen molar-refractivity contribution in [1.29, 1.82) is 0 Å². The van der Waals surface area contributed by atoms with Crippen LogP contribution in [0, 0.1) is 6.92 Å². The third-order valence-electron chi connectivity index (χ3n) is 4.77. The molecule has 3 aromatic carbocycles. The number of carbonyl (C=O) groups is 1. The average molecular weight is 386 g/mol. The van der Waals surface area contributed by atoms with Gasteiger partial charge in [0.25, 0.3) is 0 Å². The van der Waals surface area contributed by atoms with E-state index >= 15 is 0 Å². The van der Waals surface area contributed by atoms with Gasteiger partial charge in [-0.25, -0.2) is 9.59 Å². The van der Waals surface area contributed by atoms with Crippen molar-refractivity contribution in [3.63, 3.8) is 0 Å². The van der Waals surface area contributed by atoms with Gasteiger partial charge in [0.15, 0.2) is 0 Å². The molecule has 29 heavy (non-hydrogen) atoms. The maximum Gasteiger partial charge on any atom is 0.349 e. The predicted molar refractivity (Wildman–Crippen MR) is 110 cm³/mol. The molecular weight excluding hydrogens is 368 g/mol. The van der Waals surface area contributed by atoms with E-state index in [-0.39, 0.29) is 0 Å². The fraction of sp³-hybridized carbons (Fsp3) is 0.0833. The number of fused-ring (bicyclic) bond motifs is 1. The van der Waals surface area contributed by atoms with Gasteiger partial charge in [0.2, 0.25) is 6.10 Å². The Labute approximate surface area is 166 Å². The number of aryl methyl sites for hydroxylation is 1. The second-order valence-corrected chi connectivity index (χ2v) is 6.66. The third-order valence-corrected chi connectivity index (χ3v) is 4.77. The zero-order valence-corrected chi connectivity index (χ0v) is 15.7. The Morgan fingerprint density at radius 1 is 0.966 bits per heavy atom. The summed E-state index contributed by atoms with van der Waals surface area (Å²) in [6.07, 6.45) is -1.17. The zero-order chi connectivity index (χ0) is 20.4. The molecule has 0 radical (unpaired) electrons. The van der Waals surface area contributed by atoms with Gasteiger partial charge in [-0.2, -0.15) is 0 Å². The van der Waals surface area contributed by atoms with E-state index in [1.807, 2.05) is 36.4 Å². The summed E-state index contributed by atoms with van der Waals surface area (Å²) >= 11 is 0. The first-order valence-corrected chi connectivity index (χ1v) is 9.12. The molecule has 1 heterocycles. The quantitative estimate of drug-likeness (QED) is 0.490. The lowest BCUT2D eigenvalue weighted by atomic mass is 10.00. The lowest BCUT2D eigenvalue weighted by Crippen LogP contribution is -2.18. The van der Waals surface area contributed by atoms with Crippen molar-refractivity contribution in [2.75, 3.05) is 0 Å². The van der Waals surface area contributed by atoms with Gasteiger partial charge in [-0.3, -0.25) is 0 Å². The van der Waals surface area contributed by atoms with Gasteiger partial charge in [0.05, 0.1) is 0 Å². The number of hydrogen-bond donors (Lipinski definition) is 1. The highest BCUT2D eigenvalue weighted by atomic mass is 16.5. The topological polar surface area (TPSA) is 76.7 Å². The summed E-state index contributed by atoms with van der Waals surface area (Å²) in [5, 5.41) is 10.4. The van der Waals surface area contributed by atoms with Gasteiger partial charge in [0.1, 0.15) is 11.3 Å². The number of ether oxygens (including phenoxy) is 1. The molecular formula is C24H18O5. The van der Waals surface area contributed by atoms with Gasteiger partial charge < -0.3 is 14.3 Å². The Morgan fingerprint density at radius 2 is 1.62 bits per heavy atom. The minimum absolute atomic E-state index is 0.349. The molecule has 0 saturated heterocycles. The summed E-state index contributed by atoms with van der Waals surface area (Å²) in [6.45, 7) is 1.75. The molecule has 0 aliphatic heterocycles. The molecule has 0 fully saturated rings. The van der Waals surface area contributed by atoms with Crippen molar-refractivity contribution < 1.29 is 19.1 Å². The summed E-state index contributed by atoms with van der Waals surface area (Å²) in [6, 6.07) is 23.2. The molecule has 5 nitrogen and oxygen atoms in total. The number of aliphatic carboxylic acids is 1. The fourth-order valence-corrected chi connectivity index (χ4v) is 3.34. The van der Waals surface area contributed by atoms with E-state index in [4.69, 9.17) is 9.15 Å². The van der Waals surface area contributed by atoms with Crippen molar-refractivity contribution in [2.24, 2.45) is 0 Å². The molecule has 0 unspecified atom stereocenters. The number of carboxylic acid groups (broad SMARTS) is 1. The van der Waals surface area contributed by atoms with Gasteiger partial charge in [-0.05, 0) is 30.2 Å². The monoisotopic (exact) mass is 386 g/mol. The van der Waals surface area contributed by atoms with Crippen molar-refractivity contribution in [3.05, 3.63) is 100 Å². The first-order valence-electron chi connectivity index (χ1n) is 9.12. The average Bonchev–Trinajstić information content (AvgIpc) is 2.74. The maximum atomic E-state index is 12.2. The normalized spacial score (nSPS) is 11.9. The first kappa shape index (κ1) is 18.5. The van der Waals surface area contributed by atoms with Crippen LogP contribution in [0.2, 0.25) is 0 Å². The Bertz CT molecular complexity index is 1230. The molecule has 0 saturated carbocycles. The molecule has 1 N–H and O–H groups in total. The Kier molecular flexibility index (Phi) is 4.87. The molecule has 1 aromatic heterocycles. The van der Waals surface area contributed by atoms with E-state index in [9.17, 15) is 14.7 Å². The van der Waals surface area contributed by atoms with Crippen LogP contribution in [0.3, 0.4) is 0 Å². The zero-order valence-electron chi connectivity index (χ0n) is 15.7. The molecule has 4 rings (SSSR count). The summed E-state index contributed by atoms with van der Waals surface area (Å²) in [7, 11) is 0. The highest BCUT2D eigenvalue weighted by molar-refractivity contribution is 5.95. The second-order valence-electron chi connectivity index (χ2n) is 6.66. The summed E-state index contributed by atoms with van der Waals surface area (Å²) < 4.78 is 11.3. The van der Waals surface area contributed by atoms with Crippen LogP contribution in [-0.2, 0) is 4.79 Å². The molecule has 4 aromatic rings. The van der Waals surface area contributed by atoms with E-state index in [1.165, 1.54) is 6.07 Å². The number of benzene rings is 3. The van der Waals surface area contributed by atoms with Crippen molar-refractivity contribution in [2.45, 2.75) is 13.0 Å². The molecule has 5 heteroatoms. The lowest BCUT2D eigenvalue weighted by Gasteiger charge is -2.18. The van der Waals surface area contributed by atoms with Crippen LogP contribution in [0.4, 0.5) is 0 Å². The largest absolute Gasteiger partial charge is 0.478 e. The fourth-order valence-electron chi connectivity index (χ4n) is 3.34. The number of carboxylic acids is 1. The van der Waals surface area contributed by atoms with Gasteiger partial charge >= 0.3 is 11.6 Å². The van der Waals surface area contributed by atoms with E-state index < -0.39 is 17.7 Å². The SMILES string of the molecule is Cc1c(O[C@H](C(=O)O)c2ccccc2)ccc2c(-c3ccccc3)cc(=O)oc12. The van der Waals surface area contributed by atoms with Gasteiger partial charge in [-0.1, -0.05) is 60.7 Å². The molecule has 1 atom stereocenters. The van der Waals surface area contributed by atoms with Crippen molar-refractivity contribution in [1.82, 2.24) is 0 Å². The third kappa shape index (κ3) is 3.62. The summed E-state index contributed by atoms with van der Waals surface area (Å²) in [5.74, 6) is -0.752. The molecule has 0 amide bonds. The number of hydrogen-bond acceptors (Lipinski definition) is 4. The van der Waals surface area contributed by atoms with Crippen LogP contribution in [-0.4, -0.2) is 11.1 Å². The van der Waals surface area contributed by atoms with Crippen LogP contribution >= 0.6 is 0 Å². The van der Waals surface area contributed by atoms with Crippen molar-refractivity contribution in [3.8, 4) is 16.9 Å². The van der Waals surface area contributed by atoms with E-state index in [1.54, 1.807) is 43.3 Å². The molecule has 0 bridgehead atoms. The predicted octanol–water partition coefficient (Wildman–Crippen LogP) is 4.97. The van der Waals surface area contributed by atoms with Gasteiger partial charge in [0, 0.05) is 22.6 Å². The van der Waals surface area contributed by atoms with E-state index in [2.05, 4.69) is 0 Å². The minimum atomic E-state index is -1.17. The minimum Gasteiger partial charge on any atom is -0.478 e. The van der Waals surface area contributed by atoms with Crippen LogP contribution in [0.5, 0.6) is 5.75 Å². The van der Waals surface area contributed by atoms with Crippen molar-refractivity contribution >= 4 is 16.9 Å². The highest BCUT2D eigenvalue weighted by Crippen LogP contribution is 2.34. The van der Waals surface area contributed by atoms with Crippen LogP contribution < -0.4 is 10.4 Å². The lowest BCUT2D eigenvalue weighted by molar-refractivity contribution is -0.145. The van der Waals surface area contributed by atoms with Crippen LogP contribution in [0.1, 0.15) is 17.2 Å². The summed E-state index contributed by atoms with van der Waals surface area (Å²) in [4.78, 5) is 24.0.